The second kappa shape index (κ2) is 8.33. The molecule has 1 aromatic carbocycles. The lowest BCUT2D eigenvalue weighted by Gasteiger charge is -2.19. The van der Waals surface area contributed by atoms with E-state index < -0.39 is 17.5 Å². The summed E-state index contributed by atoms with van der Waals surface area (Å²) >= 11 is 0. The highest BCUT2D eigenvalue weighted by molar-refractivity contribution is 6.00. The summed E-state index contributed by atoms with van der Waals surface area (Å²) in [6.07, 6.45) is -1.96. The van der Waals surface area contributed by atoms with Crippen LogP contribution in [0.25, 0.3) is 33.5 Å². The Morgan fingerprint density at radius 1 is 1.17 bits per heavy atom. The zero-order valence-electron chi connectivity index (χ0n) is 18.9. The van der Waals surface area contributed by atoms with Crippen molar-refractivity contribution >= 4 is 22.8 Å². The number of aryl methyl sites for hydroxylation is 1. The summed E-state index contributed by atoms with van der Waals surface area (Å²) in [6.45, 7) is 2.57. The van der Waals surface area contributed by atoms with E-state index in [9.17, 15) is 18.0 Å². The summed E-state index contributed by atoms with van der Waals surface area (Å²) in [5, 5.41) is 7.00. The van der Waals surface area contributed by atoms with Gasteiger partial charge in [0.1, 0.15) is 28.6 Å². The van der Waals surface area contributed by atoms with Crippen LogP contribution in [-0.4, -0.2) is 43.9 Å². The van der Waals surface area contributed by atoms with E-state index in [1.165, 1.54) is 19.5 Å². The summed E-state index contributed by atoms with van der Waals surface area (Å²) in [6, 6.07) is 11.0. The smallest absolute Gasteiger partial charge is 0.403 e. The predicted molar refractivity (Wildman–Crippen MR) is 123 cm³/mol. The fraction of sp³-hybridized carbons (Fsp3) is 0.292. The number of hydrogen-bond acceptors (Lipinski definition) is 6. The number of aromatic nitrogens is 5. The van der Waals surface area contributed by atoms with Crippen molar-refractivity contribution in [1.82, 2.24) is 24.7 Å². The summed E-state index contributed by atoms with van der Waals surface area (Å²) in [7, 11) is 1.34. The highest BCUT2D eigenvalue weighted by atomic mass is 19.4. The first kappa shape index (κ1) is 22.8. The molecule has 4 aromatic rings. The van der Waals surface area contributed by atoms with Crippen LogP contribution < -0.4 is 10.1 Å². The molecular formula is C24H21F3N6O2. The number of carbonyl (C=O) groups excluding carboxylic acids is 1. The molecule has 0 unspecified atom stereocenters. The maximum absolute atomic E-state index is 13.5. The van der Waals surface area contributed by atoms with E-state index in [0.29, 0.717) is 34.5 Å². The van der Waals surface area contributed by atoms with E-state index >= 15 is 0 Å². The normalized spacial score (nSPS) is 14.7. The number of pyridine rings is 1. The Morgan fingerprint density at radius 3 is 2.54 bits per heavy atom. The van der Waals surface area contributed by atoms with Gasteiger partial charge >= 0.3 is 6.18 Å². The van der Waals surface area contributed by atoms with Crippen LogP contribution in [0.1, 0.15) is 19.8 Å². The quantitative estimate of drug-likeness (QED) is 0.422. The molecule has 3 aromatic heterocycles. The number of anilines is 1. The fourth-order valence-electron chi connectivity index (χ4n) is 3.97. The van der Waals surface area contributed by atoms with Crippen LogP contribution in [0.5, 0.6) is 5.75 Å². The van der Waals surface area contributed by atoms with Crippen molar-refractivity contribution in [2.24, 2.45) is 5.41 Å². The summed E-state index contributed by atoms with van der Waals surface area (Å²) < 4.78 is 47.5. The van der Waals surface area contributed by atoms with Crippen LogP contribution >= 0.6 is 0 Å². The van der Waals surface area contributed by atoms with Crippen molar-refractivity contribution in [3.8, 4) is 28.3 Å². The van der Waals surface area contributed by atoms with E-state index in [2.05, 4.69) is 25.4 Å². The molecule has 35 heavy (non-hydrogen) atoms. The Bertz CT molecular complexity index is 1410. The molecule has 0 saturated heterocycles. The molecule has 8 nitrogen and oxygen atoms in total. The Balaban J connectivity index is 1.64. The van der Waals surface area contributed by atoms with Crippen molar-refractivity contribution < 1.29 is 22.7 Å². The van der Waals surface area contributed by atoms with Gasteiger partial charge in [0.2, 0.25) is 5.91 Å². The number of carbonyl (C=O) groups is 1. The molecule has 1 aliphatic carbocycles. The van der Waals surface area contributed by atoms with Gasteiger partial charge in [-0.2, -0.15) is 18.3 Å². The van der Waals surface area contributed by atoms with E-state index in [1.54, 1.807) is 4.68 Å². The molecule has 1 amide bonds. The maximum atomic E-state index is 13.5. The standard InChI is InChI=1S/C24H21F3N6O2/c1-3-33-12-15(18(32-33)14-7-5-4-6-8-14)19-20-16(28-13-29-19)11-17(35-2)21(30-20)31-22(34)23(9-10-23)24(25,26)27/h4-8,11-13H,3,9-10H2,1-2H3,(H,30,31,34). The number of alkyl halides is 3. The molecule has 1 saturated carbocycles. The first-order chi connectivity index (χ1) is 16.8. The summed E-state index contributed by atoms with van der Waals surface area (Å²) in [4.78, 5) is 25.8. The fourth-order valence-corrected chi connectivity index (χ4v) is 3.97. The number of fused-ring (bicyclic) bond motifs is 1. The van der Waals surface area contributed by atoms with Crippen LogP contribution in [0.15, 0.2) is 48.9 Å². The second-order valence-electron chi connectivity index (χ2n) is 8.28. The number of nitrogens with one attached hydrogen (secondary N) is 1. The minimum Gasteiger partial charge on any atom is -0.493 e. The maximum Gasteiger partial charge on any atom is 0.403 e. The Morgan fingerprint density at radius 2 is 1.91 bits per heavy atom. The van der Waals surface area contributed by atoms with Crippen LogP contribution in [0.4, 0.5) is 19.0 Å². The van der Waals surface area contributed by atoms with Crippen molar-refractivity contribution in [2.75, 3.05) is 12.4 Å². The van der Waals surface area contributed by atoms with Crippen molar-refractivity contribution in [1.29, 1.82) is 0 Å². The van der Waals surface area contributed by atoms with Gasteiger partial charge in [-0.25, -0.2) is 15.0 Å². The monoisotopic (exact) mass is 482 g/mol. The second-order valence-corrected chi connectivity index (χ2v) is 8.28. The van der Waals surface area contributed by atoms with Gasteiger partial charge in [-0.3, -0.25) is 9.48 Å². The lowest BCUT2D eigenvalue weighted by atomic mass is 10.0. The molecule has 0 atom stereocenters. The van der Waals surface area contributed by atoms with Crippen LogP contribution in [0, 0.1) is 5.41 Å². The number of rotatable bonds is 6. The minimum atomic E-state index is -4.64. The average Bonchev–Trinajstić information content (AvgIpc) is 3.58. The van der Waals surface area contributed by atoms with Crippen LogP contribution in [0.3, 0.4) is 0 Å². The molecule has 3 heterocycles. The SMILES string of the molecule is CCn1cc(-c2ncnc3cc(OC)c(NC(=O)C4(C(F)(F)F)CC4)nc23)c(-c2ccccc2)n1. The summed E-state index contributed by atoms with van der Waals surface area (Å²) in [5.41, 5.74) is 0.957. The topological polar surface area (TPSA) is 94.8 Å². The summed E-state index contributed by atoms with van der Waals surface area (Å²) in [5.74, 6) is -1.18. The van der Waals surface area contributed by atoms with E-state index in [4.69, 9.17) is 4.74 Å². The molecule has 0 aliphatic heterocycles. The molecule has 180 valence electrons. The van der Waals surface area contributed by atoms with Crippen molar-refractivity contribution in [3.05, 3.63) is 48.9 Å². The third-order valence-corrected chi connectivity index (χ3v) is 6.14. The lowest BCUT2D eigenvalue weighted by molar-refractivity contribution is -0.189. The van der Waals surface area contributed by atoms with Gasteiger partial charge in [0.05, 0.1) is 12.6 Å². The first-order valence-corrected chi connectivity index (χ1v) is 11.0. The van der Waals surface area contributed by atoms with Crippen LogP contribution in [-0.2, 0) is 11.3 Å². The zero-order chi connectivity index (χ0) is 24.8. The van der Waals surface area contributed by atoms with Crippen molar-refractivity contribution in [2.45, 2.75) is 32.5 Å². The van der Waals surface area contributed by atoms with Crippen molar-refractivity contribution in [3.63, 3.8) is 0 Å². The Labute approximate surface area is 198 Å². The van der Waals surface area contributed by atoms with Gasteiger partial charge in [0.25, 0.3) is 0 Å². The number of benzene rings is 1. The third-order valence-electron chi connectivity index (χ3n) is 6.14. The largest absolute Gasteiger partial charge is 0.493 e. The van der Waals surface area contributed by atoms with Gasteiger partial charge in [-0.05, 0) is 19.8 Å². The van der Waals surface area contributed by atoms with E-state index in [0.717, 1.165) is 5.56 Å². The molecule has 5 rings (SSSR count). The molecule has 1 fully saturated rings. The minimum absolute atomic E-state index is 0.0982. The van der Waals surface area contributed by atoms with E-state index in [-0.39, 0.29) is 24.4 Å². The zero-order valence-corrected chi connectivity index (χ0v) is 18.9. The van der Waals surface area contributed by atoms with Gasteiger partial charge in [-0.1, -0.05) is 30.3 Å². The average molecular weight is 482 g/mol. The van der Waals surface area contributed by atoms with Gasteiger partial charge in [0.15, 0.2) is 11.6 Å². The molecule has 0 radical (unpaired) electrons. The predicted octanol–water partition coefficient (Wildman–Crippen LogP) is 4.86. The van der Waals surface area contributed by atoms with Gasteiger partial charge in [0, 0.05) is 29.9 Å². The lowest BCUT2D eigenvalue weighted by Crippen LogP contribution is -2.37. The molecule has 1 N–H and O–H groups in total. The molecule has 0 spiro atoms. The first-order valence-electron chi connectivity index (χ1n) is 11.0. The number of halogens is 3. The molecule has 11 heteroatoms. The Kier molecular flexibility index (Phi) is 5.42. The highest BCUT2D eigenvalue weighted by Gasteiger charge is 2.68. The number of ether oxygens (including phenoxy) is 1. The van der Waals surface area contributed by atoms with Gasteiger partial charge in [-0.15, -0.1) is 0 Å². The molecular weight excluding hydrogens is 461 g/mol. The Hall–Kier alpha value is -4.02. The van der Waals surface area contributed by atoms with E-state index in [1.807, 2.05) is 43.5 Å². The van der Waals surface area contributed by atoms with Gasteiger partial charge < -0.3 is 10.1 Å². The molecule has 1 aliphatic rings. The molecule has 0 bridgehead atoms. The number of amides is 1. The van der Waals surface area contributed by atoms with Crippen LogP contribution in [0.2, 0.25) is 0 Å². The number of methoxy groups -OCH3 is 1. The number of hydrogen-bond donors (Lipinski definition) is 1. The highest BCUT2D eigenvalue weighted by Crippen LogP contribution is 2.58. The number of nitrogens with zero attached hydrogens (tertiary/aromatic N) is 5. The third kappa shape index (κ3) is 3.86.